The minimum atomic E-state index is -0.613. The molecule has 4 nitrogen and oxygen atoms in total. The third-order valence-corrected chi connectivity index (χ3v) is 7.35. The van der Waals surface area contributed by atoms with Crippen LogP contribution in [0.25, 0.3) is 0 Å². The van der Waals surface area contributed by atoms with Gasteiger partial charge >= 0.3 is 0 Å². The minimum Gasteiger partial charge on any atom is -0.314 e. The normalized spacial score (nSPS) is 26.8. The Morgan fingerprint density at radius 1 is 1.23 bits per heavy atom. The summed E-state index contributed by atoms with van der Waals surface area (Å²) in [5.41, 5.74) is 3.76. The molecule has 3 aliphatic rings. The number of carbonyl (C=O) groups is 1. The maximum absolute atomic E-state index is 14.9. The predicted octanol–water partition coefficient (Wildman–Crippen LogP) is 4.45. The van der Waals surface area contributed by atoms with Gasteiger partial charge in [-0.1, -0.05) is 40.9 Å². The third kappa shape index (κ3) is 3.54. The summed E-state index contributed by atoms with van der Waals surface area (Å²) in [7, 11) is 0. The highest BCUT2D eigenvalue weighted by atomic mass is 19.2. The molecule has 2 aromatic carbocycles. The Morgan fingerprint density at radius 3 is 2.90 bits per heavy atom. The van der Waals surface area contributed by atoms with Crippen LogP contribution in [0.15, 0.2) is 48.5 Å². The molecule has 4 atom stereocenters. The zero-order valence-electron chi connectivity index (χ0n) is 17.6. The molecule has 3 aliphatic heterocycles. The predicted molar refractivity (Wildman–Crippen MR) is 116 cm³/mol. The zero-order valence-corrected chi connectivity index (χ0v) is 17.6. The summed E-state index contributed by atoms with van der Waals surface area (Å²) in [6.45, 7) is 5.03. The lowest BCUT2D eigenvalue weighted by molar-refractivity contribution is -0.00302. The first-order valence-corrected chi connectivity index (χ1v) is 11.3. The van der Waals surface area contributed by atoms with Crippen LogP contribution in [0.5, 0.6) is 0 Å². The van der Waals surface area contributed by atoms with Crippen molar-refractivity contribution in [3.05, 3.63) is 70.8 Å². The number of nitrogens with one attached hydrogen (secondary N) is 1. The van der Waals surface area contributed by atoms with E-state index in [9.17, 15) is 9.28 Å². The van der Waals surface area contributed by atoms with Gasteiger partial charge in [0.05, 0.1) is 6.04 Å². The topological polar surface area (TPSA) is 35.6 Å². The Balaban J connectivity index is 1.35. The van der Waals surface area contributed by atoms with Crippen LogP contribution in [0, 0.1) is 5.92 Å². The van der Waals surface area contributed by atoms with Gasteiger partial charge in [0, 0.05) is 30.7 Å². The van der Waals surface area contributed by atoms with Crippen molar-refractivity contribution in [1.82, 2.24) is 15.3 Å². The number of fused-ring (bicyclic) bond motifs is 4. The highest BCUT2D eigenvalue weighted by Crippen LogP contribution is 2.40. The Hall–Kier alpha value is -2.24. The van der Waals surface area contributed by atoms with Gasteiger partial charge in [-0.2, -0.15) is 5.12 Å². The Kier molecular flexibility index (Phi) is 5.34. The molecule has 1 amide bonds. The quantitative estimate of drug-likeness (QED) is 0.764. The van der Waals surface area contributed by atoms with Crippen LogP contribution in [0.3, 0.4) is 0 Å². The van der Waals surface area contributed by atoms with Crippen molar-refractivity contribution in [1.29, 1.82) is 0 Å². The highest BCUT2D eigenvalue weighted by Gasteiger charge is 2.39. The van der Waals surface area contributed by atoms with Crippen molar-refractivity contribution in [2.24, 2.45) is 5.92 Å². The first-order chi connectivity index (χ1) is 14.6. The van der Waals surface area contributed by atoms with E-state index in [0.717, 1.165) is 44.0 Å². The van der Waals surface area contributed by atoms with E-state index in [-0.39, 0.29) is 0 Å². The lowest BCUT2D eigenvalue weighted by Gasteiger charge is -2.49. The number of rotatable bonds is 3. The number of hydrogen-bond acceptors (Lipinski definition) is 3. The van der Waals surface area contributed by atoms with Gasteiger partial charge in [-0.25, -0.2) is 0 Å². The van der Waals surface area contributed by atoms with Crippen LogP contribution in [-0.2, 0) is 6.42 Å². The minimum absolute atomic E-state index is 0.364. The number of carbonyl (C=O) groups excluding carboxylic acids is 1. The number of nitrogens with zero attached hydrogens (tertiary/aromatic N) is 2. The second-order valence-corrected chi connectivity index (χ2v) is 9.08. The molecule has 0 saturated carbocycles. The summed E-state index contributed by atoms with van der Waals surface area (Å²) in [5, 5.41) is 4.08. The number of hydrogen-bond donors (Lipinski definition) is 1. The number of piperidine rings is 2. The Bertz CT molecular complexity index is 918. The summed E-state index contributed by atoms with van der Waals surface area (Å²) >= 11 is 0. The van der Waals surface area contributed by atoms with Gasteiger partial charge in [0.1, 0.15) is 0 Å². The van der Waals surface area contributed by atoms with Crippen LogP contribution >= 0.6 is 0 Å². The second kappa shape index (κ2) is 8.12. The van der Waals surface area contributed by atoms with Crippen molar-refractivity contribution in [2.45, 2.75) is 50.7 Å². The van der Waals surface area contributed by atoms with Crippen LogP contribution in [0.2, 0.25) is 0 Å². The maximum Gasteiger partial charge on any atom is 0.282 e. The largest absolute Gasteiger partial charge is 0.314 e. The smallest absolute Gasteiger partial charge is 0.282 e. The summed E-state index contributed by atoms with van der Waals surface area (Å²) in [6.07, 6.45) is 4.67. The van der Waals surface area contributed by atoms with Crippen LogP contribution < -0.4 is 5.32 Å². The number of halogens is 1. The molecule has 0 aromatic heterocycles. The molecule has 5 heteroatoms. The molecular formula is C25H30FN3O. The van der Waals surface area contributed by atoms with Crippen molar-refractivity contribution >= 4 is 5.91 Å². The fourth-order valence-corrected chi connectivity index (χ4v) is 5.61. The number of benzene rings is 2. The SMILES string of the molecule is C[C@H](c1ccccc1)N(F)C(=O)c1ccc2c(c1)CCN1C[C@H]3CCCN[C@H]3C[C@H]21. The van der Waals surface area contributed by atoms with Crippen molar-refractivity contribution < 1.29 is 9.28 Å². The molecule has 0 radical (unpaired) electrons. The van der Waals surface area contributed by atoms with Crippen LogP contribution in [-0.4, -0.2) is 41.6 Å². The molecule has 5 rings (SSSR count). The molecule has 0 spiro atoms. The van der Waals surface area contributed by atoms with Gasteiger partial charge in [-0.3, -0.25) is 9.69 Å². The van der Waals surface area contributed by atoms with Gasteiger partial charge in [0.2, 0.25) is 0 Å². The monoisotopic (exact) mass is 407 g/mol. The summed E-state index contributed by atoms with van der Waals surface area (Å²) in [6, 6.07) is 15.5. The van der Waals surface area contributed by atoms with Gasteiger partial charge < -0.3 is 5.32 Å². The van der Waals surface area contributed by atoms with Crippen LogP contribution in [0.1, 0.15) is 65.3 Å². The second-order valence-electron chi connectivity index (χ2n) is 9.08. The van der Waals surface area contributed by atoms with E-state index in [1.54, 1.807) is 6.92 Å². The average Bonchev–Trinajstić information content (AvgIpc) is 2.81. The van der Waals surface area contributed by atoms with Crippen molar-refractivity contribution in [3.63, 3.8) is 0 Å². The average molecular weight is 408 g/mol. The molecule has 2 saturated heterocycles. The molecule has 30 heavy (non-hydrogen) atoms. The molecule has 1 N–H and O–H groups in total. The van der Waals surface area contributed by atoms with E-state index >= 15 is 0 Å². The maximum atomic E-state index is 14.9. The lowest BCUT2D eigenvalue weighted by Crippen LogP contribution is -2.54. The Morgan fingerprint density at radius 2 is 2.07 bits per heavy atom. The fourth-order valence-electron chi connectivity index (χ4n) is 5.61. The molecule has 0 bridgehead atoms. The highest BCUT2D eigenvalue weighted by molar-refractivity contribution is 5.94. The molecular weight excluding hydrogens is 377 g/mol. The standard InChI is InChI=1S/C25H30FN3O/c1-17(18-6-3-2-4-7-18)29(26)25(30)20-9-10-22-19(14-20)11-13-28-16-21-8-5-12-27-23(21)15-24(22)28/h2-4,6-7,9-10,14,17,21,23-24,27H,5,8,11-13,15-16H2,1H3/t17-,21-,23+,24-/m1/s1. The molecule has 2 fully saturated rings. The van der Waals surface area contributed by atoms with E-state index in [2.05, 4.69) is 16.3 Å². The third-order valence-electron chi connectivity index (χ3n) is 7.35. The molecule has 158 valence electrons. The fraction of sp³-hybridized carbons (Fsp3) is 0.480. The van der Waals surface area contributed by atoms with Gasteiger partial charge in [-0.15, -0.1) is 0 Å². The summed E-state index contributed by atoms with van der Waals surface area (Å²) in [4.78, 5) is 15.5. The van der Waals surface area contributed by atoms with Gasteiger partial charge in [-0.05, 0) is 73.9 Å². The first kappa shape index (κ1) is 19.7. The first-order valence-electron chi connectivity index (χ1n) is 11.3. The van der Waals surface area contributed by atoms with Gasteiger partial charge in [0.15, 0.2) is 0 Å². The lowest BCUT2D eigenvalue weighted by atomic mass is 9.77. The van der Waals surface area contributed by atoms with Gasteiger partial charge in [0.25, 0.3) is 5.91 Å². The number of amides is 1. The van der Waals surface area contributed by atoms with E-state index in [1.807, 2.05) is 42.5 Å². The molecule has 3 heterocycles. The van der Waals surface area contributed by atoms with Crippen LogP contribution in [0.4, 0.5) is 4.48 Å². The molecule has 0 unspecified atom stereocenters. The van der Waals surface area contributed by atoms with Crippen molar-refractivity contribution in [2.75, 3.05) is 19.6 Å². The zero-order chi connectivity index (χ0) is 20.7. The summed E-state index contributed by atoms with van der Waals surface area (Å²) in [5.74, 6) is 0.200. The van der Waals surface area contributed by atoms with E-state index in [0.29, 0.717) is 22.8 Å². The van der Waals surface area contributed by atoms with E-state index in [1.165, 1.54) is 24.0 Å². The van der Waals surface area contributed by atoms with E-state index < -0.39 is 11.9 Å². The molecule has 2 aromatic rings. The molecule has 0 aliphatic carbocycles. The van der Waals surface area contributed by atoms with Crippen molar-refractivity contribution in [3.8, 4) is 0 Å². The Labute approximate surface area is 178 Å². The summed E-state index contributed by atoms with van der Waals surface area (Å²) < 4.78 is 14.9. The van der Waals surface area contributed by atoms with E-state index in [4.69, 9.17) is 0 Å².